The highest BCUT2D eigenvalue weighted by atomic mass is 31.2. The molecule has 0 aliphatic heterocycles. The van der Waals surface area contributed by atoms with Gasteiger partial charge in [-0.3, -0.25) is 9.36 Å². The van der Waals surface area contributed by atoms with E-state index in [1.807, 2.05) is 0 Å². The number of nitrogens with two attached hydrogens (primary N) is 1. The Morgan fingerprint density at radius 2 is 1.95 bits per heavy atom. The molecule has 3 atom stereocenters. The average Bonchev–Trinajstić information content (AvgIpc) is 2.30. The summed E-state index contributed by atoms with van der Waals surface area (Å²) < 4.78 is 11.3. The normalized spacial score (nSPS) is 16.9. The second-order valence-electron chi connectivity index (χ2n) is 4.15. The fraction of sp³-hybridized carbons (Fsp3) is 0.889. The van der Waals surface area contributed by atoms with Gasteiger partial charge in [0.1, 0.15) is 6.04 Å². The van der Waals surface area contributed by atoms with E-state index in [1.165, 1.54) is 0 Å². The van der Waals surface area contributed by atoms with Crippen LogP contribution in [0.25, 0.3) is 0 Å². The molecule has 0 aliphatic rings. The van der Waals surface area contributed by atoms with Crippen molar-refractivity contribution in [1.82, 2.24) is 5.32 Å². The Hall–Kier alpha value is -0.540. The van der Waals surface area contributed by atoms with E-state index in [1.54, 1.807) is 0 Å². The third-order valence-corrected chi connectivity index (χ3v) is 3.99. The van der Waals surface area contributed by atoms with Crippen molar-refractivity contribution in [3.8, 4) is 0 Å². The number of carboxylic acids is 1. The number of aliphatic hydroxyl groups excluding tert-OH is 2. The van der Waals surface area contributed by atoms with Gasteiger partial charge in [-0.05, 0) is 19.4 Å². The zero-order valence-corrected chi connectivity index (χ0v) is 11.2. The number of hydrogen-bond acceptors (Lipinski definition) is 6. The maximum absolute atomic E-state index is 11.3. The predicted octanol–water partition coefficient (Wildman–Crippen LogP) is -2.33. The summed E-state index contributed by atoms with van der Waals surface area (Å²) in [6.07, 6.45) is -0.988. The molecule has 8 N–H and O–H groups in total. The van der Waals surface area contributed by atoms with Crippen molar-refractivity contribution in [2.45, 2.75) is 30.6 Å². The number of carboxylic acid groups (broad SMARTS) is 1. The molecule has 0 radical (unpaired) electrons. The SMILES string of the molecule is NCCCC([C@H](NCC(O)CO)C(=O)O)P(=O)(O)O. The molecule has 0 bridgehead atoms. The summed E-state index contributed by atoms with van der Waals surface area (Å²) in [5, 5.41) is 29.1. The summed E-state index contributed by atoms with van der Waals surface area (Å²) in [6.45, 7) is -0.683. The Morgan fingerprint density at radius 3 is 2.32 bits per heavy atom. The van der Waals surface area contributed by atoms with E-state index in [9.17, 15) is 19.1 Å². The molecule has 0 aromatic carbocycles. The van der Waals surface area contributed by atoms with Gasteiger partial charge in [0.25, 0.3) is 0 Å². The van der Waals surface area contributed by atoms with E-state index in [0.717, 1.165) is 0 Å². The minimum atomic E-state index is -4.63. The molecule has 10 heteroatoms. The molecule has 114 valence electrons. The first-order valence-corrected chi connectivity index (χ1v) is 7.42. The quantitative estimate of drug-likeness (QED) is 0.218. The first-order chi connectivity index (χ1) is 8.73. The summed E-state index contributed by atoms with van der Waals surface area (Å²) in [5.74, 6) is -1.43. The van der Waals surface area contributed by atoms with Gasteiger partial charge in [0.05, 0.1) is 18.4 Å². The first-order valence-electron chi connectivity index (χ1n) is 5.74. The van der Waals surface area contributed by atoms with Crippen LogP contribution in [0.15, 0.2) is 0 Å². The molecule has 19 heavy (non-hydrogen) atoms. The third kappa shape index (κ3) is 6.98. The molecule has 0 fully saturated rings. The van der Waals surface area contributed by atoms with Crippen LogP contribution < -0.4 is 11.1 Å². The van der Waals surface area contributed by atoms with Gasteiger partial charge in [0, 0.05) is 6.54 Å². The van der Waals surface area contributed by atoms with Gasteiger partial charge >= 0.3 is 13.6 Å². The van der Waals surface area contributed by atoms with E-state index in [0.29, 0.717) is 0 Å². The van der Waals surface area contributed by atoms with Crippen molar-refractivity contribution in [2.24, 2.45) is 5.73 Å². The van der Waals surface area contributed by atoms with E-state index < -0.39 is 38.0 Å². The van der Waals surface area contributed by atoms with Gasteiger partial charge in [0.2, 0.25) is 0 Å². The van der Waals surface area contributed by atoms with Crippen LogP contribution >= 0.6 is 7.60 Å². The zero-order chi connectivity index (χ0) is 15.1. The van der Waals surface area contributed by atoms with Gasteiger partial charge < -0.3 is 36.2 Å². The molecular weight excluding hydrogens is 279 g/mol. The van der Waals surface area contributed by atoms with Crippen LogP contribution in [0.1, 0.15) is 12.8 Å². The Balaban J connectivity index is 4.86. The monoisotopic (exact) mass is 300 g/mol. The smallest absolute Gasteiger partial charge is 0.330 e. The third-order valence-electron chi connectivity index (χ3n) is 2.57. The minimum absolute atomic E-state index is 0.0556. The minimum Gasteiger partial charge on any atom is -0.480 e. The van der Waals surface area contributed by atoms with E-state index >= 15 is 0 Å². The highest BCUT2D eigenvalue weighted by molar-refractivity contribution is 7.52. The maximum atomic E-state index is 11.3. The summed E-state index contributed by atoms with van der Waals surface area (Å²) in [5.41, 5.74) is 3.82. The number of rotatable bonds is 10. The molecule has 0 saturated heterocycles. The van der Waals surface area contributed by atoms with Crippen LogP contribution in [0, 0.1) is 0 Å². The number of nitrogens with one attached hydrogen (secondary N) is 1. The molecule has 0 aromatic rings. The van der Waals surface area contributed by atoms with Gasteiger partial charge in [-0.15, -0.1) is 0 Å². The van der Waals surface area contributed by atoms with Crippen LogP contribution in [0.5, 0.6) is 0 Å². The number of carbonyl (C=O) groups is 1. The van der Waals surface area contributed by atoms with Gasteiger partial charge in [0.15, 0.2) is 0 Å². The number of hydrogen-bond donors (Lipinski definition) is 7. The molecule has 0 rings (SSSR count). The lowest BCUT2D eigenvalue weighted by Crippen LogP contribution is -2.49. The molecular formula is C9H21N2O7P. The summed E-state index contributed by atoms with van der Waals surface area (Å²) >= 11 is 0. The van der Waals surface area contributed by atoms with Crippen LogP contribution in [0.4, 0.5) is 0 Å². The fourth-order valence-corrected chi connectivity index (χ4v) is 2.71. The van der Waals surface area contributed by atoms with Crippen molar-refractivity contribution in [3.05, 3.63) is 0 Å². The maximum Gasteiger partial charge on any atom is 0.330 e. The topological polar surface area (TPSA) is 173 Å². The second-order valence-corrected chi connectivity index (χ2v) is 5.99. The average molecular weight is 300 g/mol. The van der Waals surface area contributed by atoms with Crippen molar-refractivity contribution >= 4 is 13.6 Å². The molecule has 0 heterocycles. The van der Waals surface area contributed by atoms with Crippen molar-refractivity contribution < 1.29 is 34.5 Å². The van der Waals surface area contributed by atoms with E-state index in [-0.39, 0.29) is 25.9 Å². The van der Waals surface area contributed by atoms with Gasteiger partial charge in [-0.25, -0.2) is 0 Å². The Labute approximate surface area is 110 Å². The zero-order valence-electron chi connectivity index (χ0n) is 10.3. The van der Waals surface area contributed by atoms with Crippen LogP contribution in [0.2, 0.25) is 0 Å². The van der Waals surface area contributed by atoms with E-state index in [4.69, 9.17) is 21.1 Å². The summed E-state index contributed by atoms with van der Waals surface area (Å²) in [4.78, 5) is 29.5. The van der Waals surface area contributed by atoms with Gasteiger partial charge in [-0.2, -0.15) is 0 Å². The number of aliphatic hydroxyl groups is 2. The second kappa shape index (κ2) is 8.60. The number of aliphatic carboxylic acids is 1. The van der Waals surface area contributed by atoms with Crippen molar-refractivity contribution in [2.75, 3.05) is 19.7 Å². The van der Waals surface area contributed by atoms with Crippen LogP contribution in [0.3, 0.4) is 0 Å². The highest BCUT2D eigenvalue weighted by Gasteiger charge is 2.39. The first kappa shape index (κ1) is 18.5. The molecule has 0 saturated carbocycles. The Morgan fingerprint density at radius 1 is 1.37 bits per heavy atom. The van der Waals surface area contributed by atoms with E-state index in [2.05, 4.69) is 5.32 Å². The Kier molecular flexibility index (Phi) is 8.35. The lowest BCUT2D eigenvalue weighted by Gasteiger charge is -2.26. The molecule has 0 spiro atoms. The highest BCUT2D eigenvalue weighted by Crippen LogP contribution is 2.45. The standard InChI is InChI=1S/C9H21N2O7P/c10-3-1-2-7(19(16,17)18)8(9(14)15)11-4-6(13)5-12/h6-8,11-13H,1-5,10H2,(H,14,15)(H2,16,17,18)/t6?,7?,8-/m0/s1. The Bertz CT molecular complexity index is 322. The largest absolute Gasteiger partial charge is 0.480 e. The van der Waals surface area contributed by atoms with Crippen molar-refractivity contribution in [3.63, 3.8) is 0 Å². The lowest BCUT2D eigenvalue weighted by molar-refractivity contribution is -0.139. The van der Waals surface area contributed by atoms with Gasteiger partial charge in [-0.1, -0.05) is 0 Å². The molecule has 0 amide bonds. The molecule has 0 aliphatic carbocycles. The predicted molar refractivity (Wildman–Crippen MR) is 66.6 cm³/mol. The molecule has 0 aromatic heterocycles. The fourth-order valence-electron chi connectivity index (χ4n) is 1.57. The van der Waals surface area contributed by atoms with Crippen LogP contribution in [-0.4, -0.2) is 68.6 Å². The summed E-state index contributed by atoms with van der Waals surface area (Å²) in [6, 6.07) is -1.52. The molecule has 2 unspecified atom stereocenters. The lowest BCUT2D eigenvalue weighted by atomic mass is 10.1. The molecule has 9 nitrogen and oxygen atoms in total. The van der Waals surface area contributed by atoms with Crippen molar-refractivity contribution in [1.29, 1.82) is 0 Å². The van der Waals surface area contributed by atoms with Crippen LogP contribution in [-0.2, 0) is 9.36 Å². The summed E-state index contributed by atoms with van der Waals surface area (Å²) in [7, 11) is -4.63.